The molecule has 0 aliphatic heterocycles. The summed E-state index contributed by atoms with van der Waals surface area (Å²) in [5, 5.41) is 10.2. The van der Waals surface area contributed by atoms with Crippen LogP contribution in [0.25, 0.3) is 0 Å². The molecule has 0 heterocycles. The van der Waals surface area contributed by atoms with E-state index in [2.05, 4.69) is 15.9 Å². The molecule has 0 fully saturated rings. The number of hydrogen-bond acceptors (Lipinski definition) is 2. The summed E-state index contributed by atoms with van der Waals surface area (Å²) in [7, 11) is 0. The zero-order chi connectivity index (χ0) is 14.0. The van der Waals surface area contributed by atoms with E-state index < -0.39 is 6.10 Å². The molecule has 0 unspecified atom stereocenters. The highest BCUT2D eigenvalue weighted by atomic mass is 79.9. The van der Waals surface area contributed by atoms with Crippen LogP contribution in [0.15, 0.2) is 40.9 Å². The quantitative estimate of drug-likeness (QED) is 0.825. The SMILES string of the molecule is Cc1ccc(Cl)cc1Oc1ccc([C@@H](C)O)c(Br)c1. The van der Waals surface area contributed by atoms with Gasteiger partial charge in [-0.2, -0.15) is 0 Å². The molecule has 0 aliphatic rings. The first-order valence-corrected chi connectivity index (χ1v) is 7.06. The van der Waals surface area contributed by atoms with Crippen LogP contribution in [-0.4, -0.2) is 5.11 Å². The molecule has 2 nitrogen and oxygen atoms in total. The Hall–Kier alpha value is -1.03. The number of ether oxygens (including phenoxy) is 1. The van der Waals surface area contributed by atoms with Gasteiger partial charge in [-0.1, -0.05) is 39.7 Å². The van der Waals surface area contributed by atoms with Crippen molar-refractivity contribution >= 4 is 27.5 Å². The van der Waals surface area contributed by atoms with Gasteiger partial charge in [0.1, 0.15) is 11.5 Å². The first kappa shape index (κ1) is 14.4. The first-order chi connectivity index (χ1) is 8.97. The van der Waals surface area contributed by atoms with Crippen LogP contribution in [0, 0.1) is 6.92 Å². The van der Waals surface area contributed by atoms with Crippen LogP contribution >= 0.6 is 27.5 Å². The van der Waals surface area contributed by atoms with Gasteiger partial charge in [-0.15, -0.1) is 0 Å². The second-order valence-electron chi connectivity index (χ2n) is 4.37. The molecular formula is C15H14BrClO2. The van der Waals surface area contributed by atoms with E-state index in [9.17, 15) is 5.11 Å². The van der Waals surface area contributed by atoms with Gasteiger partial charge in [0.25, 0.3) is 0 Å². The highest BCUT2D eigenvalue weighted by molar-refractivity contribution is 9.10. The Morgan fingerprint density at radius 2 is 1.95 bits per heavy atom. The number of halogens is 2. The molecule has 0 saturated heterocycles. The summed E-state index contributed by atoms with van der Waals surface area (Å²) in [5.74, 6) is 1.42. The summed E-state index contributed by atoms with van der Waals surface area (Å²) in [6.45, 7) is 3.69. The fourth-order valence-electron chi connectivity index (χ4n) is 1.72. The van der Waals surface area contributed by atoms with Crippen LogP contribution in [0.2, 0.25) is 5.02 Å². The minimum Gasteiger partial charge on any atom is -0.457 e. The summed E-state index contributed by atoms with van der Waals surface area (Å²) in [6, 6.07) is 11.0. The molecule has 2 aromatic carbocycles. The lowest BCUT2D eigenvalue weighted by Gasteiger charge is -2.12. The lowest BCUT2D eigenvalue weighted by molar-refractivity contribution is 0.198. The second-order valence-corrected chi connectivity index (χ2v) is 5.66. The molecule has 4 heteroatoms. The fourth-order valence-corrected chi connectivity index (χ4v) is 2.57. The standard InChI is InChI=1S/C15H14BrClO2/c1-9-3-4-11(17)7-15(9)19-12-5-6-13(10(2)18)14(16)8-12/h3-8,10,18H,1-2H3/t10-/m1/s1. The van der Waals surface area contributed by atoms with Crippen molar-refractivity contribution < 1.29 is 9.84 Å². The van der Waals surface area contributed by atoms with Gasteiger partial charge >= 0.3 is 0 Å². The molecule has 19 heavy (non-hydrogen) atoms. The van der Waals surface area contributed by atoms with Gasteiger partial charge in [0, 0.05) is 9.50 Å². The van der Waals surface area contributed by atoms with E-state index in [1.54, 1.807) is 13.0 Å². The van der Waals surface area contributed by atoms with Crippen molar-refractivity contribution in [3.05, 3.63) is 57.0 Å². The van der Waals surface area contributed by atoms with E-state index in [1.807, 2.05) is 37.3 Å². The summed E-state index contributed by atoms with van der Waals surface area (Å²) < 4.78 is 6.63. The van der Waals surface area contributed by atoms with E-state index >= 15 is 0 Å². The Balaban J connectivity index is 2.29. The molecule has 0 aromatic heterocycles. The Bertz CT molecular complexity index is 597. The van der Waals surface area contributed by atoms with E-state index in [1.165, 1.54) is 0 Å². The number of aliphatic hydroxyl groups excluding tert-OH is 1. The highest BCUT2D eigenvalue weighted by Crippen LogP contribution is 2.32. The molecule has 0 aliphatic carbocycles. The van der Waals surface area contributed by atoms with Crippen molar-refractivity contribution in [1.82, 2.24) is 0 Å². The minimum atomic E-state index is -0.517. The summed E-state index contributed by atoms with van der Waals surface area (Å²) >= 11 is 9.39. The van der Waals surface area contributed by atoms with Gasteiger partial charge in [0.2, 0.25) is 0 Å². The fraction of sp³-hybridized carbons (Fsp3) is 0.200. The van der Waals surface area contributed by atoms with Crippen molar-refractivity contribution in [2.24, 2.45) is 0 Å². The maximum atomic E-state index is 9.58. The van der Waals surface area contributed by atoms with E-state index in [0.29, 0.717) is 10.8 Å². The molecule has 0 saturated carbocycles. The van der Waals surface area contributed by atoms with Crippen LogP contribution in [0.4, 0.5) is 0 Å². The van der Waals surface area contributed by atoms with E-state index in [4.69, 9.17) is 16.3 Å². The molecule has 0 amide bonds. The highest BCUT2D eigenvalue weighted by Gasteiger charge is 2.08. The number of aryl methyl sites for hydroxylation is 1. The van der Waals surface area contributed by atoms with Crippen molar-refractivity contribution in [1.29, 1.82) is 0 Å². The average Bonchev–Trinajstić information content (AvgIpc) is 2.33. The van der Waals surface area contributed by atoms with Gasteiger partial charge in [0.05, 0.1) is 6.10 Å². The predicted molar refractivity (Wildman–Crippen MR) is 81.0 cm³/mol. The number of benzene rings is 2. The third-order valence-corrected chi connectivity index (χ3v) is 3.72. The lowest BCUT2D eigenvalue weighted by Crippen LogP contribution is -1.94. The number of rotatable bonds is 3. The van der Waals surface area contributed by atoms with Crippen molar-refractivity contribution in [2.75, 3.05) is 0 Å². The monoisotopic (exact) mass is 340 g/mol. The van der Waals surface area contributed by atoms with Gasteiger partial charge in [-0.05, 0) is 49.2 Å². The van der Waals surface area contributed by atoms with Crippen molar-refractivity contribution in [3.63, 3.8) is 0 Å². The van der Waals surface area contributed by atoms with Crippen molar-refractivity contribution in [2.45, 2.75) is 20.0 Å². The Kier molecular flexibility index (Phi) is 4.50. The molecule has 1 atom stereocenters. The molecule has 100 valence electrons. The summed E-state index contributed by atoms with van der Waals surface area (Å²) in [4.78, 5) is 0. The molecule has 2 rings (SSSR count). The summed E-state index contributed by atoms with van der Waals surface area (Å²) in [5.41, 5.74) is 1.84. The van der Waals surface area contributed by atoms with Crippen LogP contribution in [0.5, 0.6) is 11.5 Å². The normalized spacial score (nSPS) is 12.3. The van der Waals surface area contributed by atoms with E-state index in [-0.39, 0.29) is 0 Å². The minimum absolute atomic E-state index is 0.517. The van der Waals surface area contributed by atoms with Gasteiger partial charge in [-0.25, -0.2) is 0 Å². The zero-order valence-corrected chi connectivity index (χ0v) is 13.0. The topological polar surface area (TPSA) is 29.5 Å². The zero-order valence-electron chi connectivity index (χ0n) is 10.7. The molecule has 0 radical (unpaired) electrons. The van der Waals surface area contributed by atoms with Gasteiger partial charge < -0.3 is 9.84 Å². The predicted octanol–water partition coefficient (Wildman–Crippen LogP) is 5.26. The van der Waals surface area contributed by atoms with Crippen LogP contribution in [0.3, 0.4) is 0 Å². The Morgan fingerprint density at radius 1 is 1.21 bits per heavy atom. The maximum Gasteiger partial charge on any atom is 0.131 e. The van der Waals surface area contributed by atoms with Crippen LogP contribution in [-0.2, 0) is 0 Å². The second kappa shape index (κ2) is 5.95. The Labute approximate surface area is 126 Å². The van der Waals surface area contributed by atoms with Gasteiger partial charge in [0.15, 0.2) is 0 Å². The molecule has 0 spiro atoms. The first-order valence-electron chi connectivity index (χ1n) is 5.89. The van der Waals surface area contributed by atoms with Gasteiger partial charge in [-0.3, -0.25) is 0 Å². The Morgan fingerprint density at radius 3 is 2.58 bits per heavy atom. The molecular weight excluding hydrogens is 328 g/mol. The lowest BCUT2D eigenvalue weighted by atomic mass is 10.1. The maximum absolute atomic E-state index is 9.58. The van der Waals surface area contributed by atoms with Crippen LogP contribution < -0.4 is 4.74 Å². The molecule has 0 bridgehead atoms. The summed E-state index contributed by atoms with van der Waals surface area (Å²) in [6.07, 6.45) is -0.517. The third-order valence-electron chi connectivity index (χ3n) is 2.80. The van der Waals surface area contributed by atoms with Crippen LogP contribution in [0.1, 0.15) is 24.2 Å². The number of hydrogen-bond donors (Lipinski definition) is 1. The largest absolute Gasteiger partial charge is 0.457 e. The third kappa shape index (κ3) is 3.50. The molecule has 2 aromatic rings. The average molecular weight is 342 g/mol. The van der Waals surface area contributed by atoms with Crippen molar-refractivity contribution in [3.8, 4) is 11.5 Å². The molecule has 1 N–H and O–H groups in total. The van der Waals surface area contributed by atoms with E-state index in [0.717, 1.165) is 21.3 Å². The number of aliphatic hydroxyl groups is 1. The smallest absolute Gasteiger partial charge is 0.131 e.